The Morgan fingerprint density at radius 2 is 2.15 bits per heavy atom. The molecule has 1 aromatic heterocycles. The fourth-order valence-corrected chi connectivity index (χ4v) is 2.23. The second-order valence-corrected chi connectivity index (χ2v) is 5.26. The Hall–Kier alpha value is -1.81. The van der Waals surface area contributed by atoms with Crippen LogP contribution in [-0.2, 0) is 6.54 Å². The third-order valence-electron chi connectivity index (χ3n) is 3.02. The summed E-state index contributed by atoms with van der Waals surface area (Å²) in [4.78, 5) is 16.4. The number of hydrogen-bond acceptors (Lipinski definition) is 3. The summed E-state index contributed by atoms with van der Waals surface area (Å²) in [5, 5.41) is 2.95. The second-order valence-electron chi connectivity index (χ2n) is 4.60. The van der Waals surface area contributed by atoms with Crippen LogP contribution in [0, 0.1) is 0 Å². The van der Waals surface area contributed by atoms with E-state index in [2.05, 4.69) is 10.3 Å². The Kier molecular flexibility index (Phi) is 4.79. The van der Waals surface area contributed by atoms with E-state index in [0.29, 0.717) is 12.4 Å². The molecule has 1 aromatic carbocycles. The minimum Gasteiger partial charge on any atom is -0.335 e. The molecule has 4 nitrogen and oxygen atoms in total. The van der Waals surface area contributed by atoms with E-state index in [0.717, 1.165) is 17.7 Å². The number of para-hydroxylation sites is 1. The highest BCUT2D eigenvalue weighted by molar-refractivity contribution is 6.21. The zero-order chi connectivity index (χ0) is 14.5. The van der Waals surface area contributed by atoms with Crippen molar-refractivity contribution in [2.75, 3.05) is 5.32 Å². The molecule has 0 radical (unpaired) electrons. The van der Waals surface area contributed by atoms with Crippen molar-refractivity contribution in [2.45, 2.75) is 32.2 Å². The molecule has 1 N–H and O–H groups in total. The molecule has 0 fully saturated rings. The molecule has 1 heterocycles. The number of halogens is 1. The van der Waals surface area contributed by atoms with Crippen LogP contribution in [0.25, 0.3) is 0 Å². The standard InChI is InChI=1S/C15H18ClN3O/c1-3-9-19-10-8-17-14(15(19)20)18-13-7-5-4-6-12(13)11(2)16/h4-8,10-11H,3,9H2,1-2H3,(H,17,18). The van der Waals surface area contributed by atoms with Crippen LogP contribution in [0.5, 0.6) is 0 Å². The van der Waals surface area contributed by atoms with Gasteiger partial charge in [-0.25, -0.2) is 4.98 Å². The van der Waals surface area contributed by atoms with Crippen molar-refractivity contribution in [2.24, 2.45) is 0 Å². The summed E-state index contributed by atoms with van der Waals surface area (Å²) in [6.45, 7) is 4.61. The molecule has 0 aliphatic rings. The van der Waals surface area contributed by atoms with Gasteiger partial charge in [-0.15, -0.1) is 11.6 Å². The second kappa shape index (κ2) is 6.57. The molecule has 2 aromatic rings. The summed E-state index contributed by atoms with van der Waals surface area (Å²) < 4.78 is 1.65. The maximum absolute atomic E-state index is 12.2. The first-order valence-electron chi connectivity index (χ1n) is 6.69. The molecule has 5 heteroatoms. The molecule has 2 rings (SSSR count). The molecule has 0 amide bonds. The van der Waals surface area contributed by atoms with Gasteiger partial charge in [-0.05, 0) is 25.0 Å². The summed E-state index contributed by atoms with van der Waals surface area (Å²) in [7, 11) is 0. The lowest BCUT2D eigenvalue weighted by Gasteiger charge is -2.13. The number of hydrogen-bond donors (Lipinski definition) is 1. The smallest absolute Gasteiger partial charge is 0.293 e. The van der Waals surface area contributed by atoms with Gasteiger partial charge >= 0.3 is 0 Å². The van der Waals surface area contributed by atoms with E-state index in [1.807, 2.05) is 38.1 Å². The molecule has 106 valence electrons. The average molecular weight is 292 g/mol. The van der Waals surface area contributed by atoms with Gasteiger partial charge < -0.3 is 9.88 Å². The molecule has 0 aliphatic carbocycles. The molecule has 20 heavy (non-hydrogen) atoms. The number of alkyl halides is 1. The third kappa shape index (κ3) is 3.20. The van der Waals surface area contributed by atoms with E-state index >= 15 is 0 Å². The minimum atomic E-state index is -0.139. The maximum atomic E-state index is 12.2. The molecule has 0 saturated carbocycles. The van der Waals surface area contributed by atoms with E-state index in [9.17, 15) is 4.79 Å². The summed E-state index contributed by atoms with van der Waals surface area (Å²) in [5.74, 6) is 0.325. The topological polar surface area (TPSA) is 46.9 Å². The van der Waals surface area contributed by atoms with Crippen LogP contribution in [0.4, 0.5) is 11.5 Å². The number of nitrogens with one attached hydrogen (secondary N) is 1. The molecule has 1 unspecified atom stereocenters. The number of rotatable bonds is 5. The molecular formula is C15H18ClN3O. The van der Waals surface area contributed by atoms with Crippen molar-refractivity contribution in [3.8, 4) is 0 Å². The van der Waals surface area contributed by atoms with E-state index in [-0.39, 0.29) is 10.9 Å². The highest BCUT2D eigenvalue weighted by Gasteiger charge is 2.10. The number of aromatic nitrogens is 2. The lowest BCUT2D eigenvalue weighted by molar-refractivity contribution is 0.650. The monoisotopic (exact) mass is 291 g/mol. The van der Waals surface area contributed by atoms with Crippen LogP contribution in [0.3, 0.4) is 0 Å². The Balaban J connectivity index is 2.36. The van der Waals surface area contributed by atoms with Crippen LogP contribution in [0.2, 0.25) is 0 Å². The first kappa shape index (κ1) is 14.6. The number of anilines is 2. The van der Waals surface area contributed by atoms with E-state index in [1.165, 1.54) is 0 Å². The lowest BCUT2D eigenvalue weighted by atomic mass is 10.1. The summed E-state index contributed by atoms with van der Waals surface area (Å²) in [6, 6.07) is 7.66. The van der Waals surface area contributed by atoms with Crippen molar-refractivity contribution in [1.29, 1.82) is 0 Å². The fourth-order valence-electron chi connectivity index (χ4n) is 2.04. The number of nitrogens with zero attached hydrogens (tertiary/aromatic N) is 2. The lowest BCUT2D eigenvalue weighted by Crippen LogP contribution is -2.23. The fraction of sp³-hybridized carbons (Fsp3) is 0.333. The van der Waals surface area contributed by atoms with Crippen LogP contribution in [0.1, 0.15) is 31.2 Å². The van der Waals surface area contributed by atoms with Gasteiger partial charge in [0, 0.05) is 24.6 Å². The molecule has 0 bridgehead atoms. The quantitative estimate of drug-likeness (QED) is 0.855. The van der Waals surface area contributed by atoms with Crippen molar-refractivity contribution in [3.63, 3.8) is 0 Å². The van der Waals surface area contributed by atoms with Gasteiger partial charge in [-0.2, -0.15) is 0 Å². The SMILES string of the molecule is CCCn1ccnc(Nc2ccccc2C(C)Cl)c1=O. The normalized spacial score (nSPS) is 12.2. The Labute approximate surface area is 123 Å². The molecule has 0 aliphatic heterocycles. The highest BCUT2D eigenvalue weighted by Crippen LogP contribution is 2.28. The molecular weight excluding hydrogens is 274 g/mol. The maximum Gasteiger partial charge on any atom is 0.293 e. The van der Waals surface area contributed by atoms with Crippen molar-refractivity contribution in [3.05, 3.63) is 52.6 Å². The summed E-state index contributed by atoms with van der Waals surface area (Å²) in [6.07, 6.45) is 4.23. The van der Waals surface area contributed by atoms with Gasteiger partial charge in [0.25, 0.3) is 5.56 Å². The molecule has 1 atom stereocenters. The number of benzene rings is 1. The first-order valence-corrected chi connectivity index (χ1v) is 7.12. The van der Waals surface area contributed by atoms with E-state index in [1.54, 1.807) is 17.0 Å². The molecule has 0 spiro atoms. The van der Waals surface area contributed by atoms with E-state index in [4.69, 9.17) is 11.6 Å². The largest absolute Gasteiger partial charge is 0.335 e. The highest BCUT2D eigenvalue weighted by atomic mass is 35.5. The predicted octanol–water partition coefficient (Wildman–Crippen LogP) is 3.70. The Morgan fingerprint density at radius 3 is 2.85 bits per heavy atom. The summed E-state index contributed by atoms with van der Waals surface area (Å²) in [5.41, 5.74) is 1.64. The van der Waals surface area contributed by atoms with Gasteiger partial charge in [0.05, 0.1) is 5.38 Å². The number of aryl methyl sites for hydroxylation is 1. The Morgan fingerprint density at radius 1 is 1.40 bits per heavy atom. The van der Waals surface area contributed by atoms with Crippen LogP contribution >= 0.6 is 11.6 Å². The third-order valence-corrected chi connectivity index (χ3v) is 3.26. The predicted molar refractivity (Wildman–Crippen MR) is 82.8 cm³/mol. The van der Waals surface area contributed by atoms with Gasteiger partial charge in [0.2, 0.25) is 0 Å². The molecule has 0 saturated heterocycles. The zero-order valence-corrected chi connectivity index (χ0v) is 12.4. The summed E-state index contributed by atoms with van der Waals surface area (Å²) >= 11 is 6.15. The first-order chi connectivity index (χ1) is 9.63. The minimum absolute atomic E-state index is 0.119. The van der Waals surface area contributed by atoms with Crippen molar-refractivity contribution < 1.29 is 0 Å². The average Bonchev–Trinajstić information content (AvgIpc) is 2.44. The Bertz CT molecular complexity index is 637. The van der Waals surface area contributed by atoms with Crippen LogP contribution in [0.15, 0.2) is 41.5 Å². The van der Waals surface area contributed by atoms with Gasteiger partial charge in [0.1, 0.15) is 0 Å². The van der Waals surface area contributed by atoms with E-state index < -0.39 is 0 Å². The van der Waals surface area contributed by atoms with Crippen molar-refractivity contribution in [1.82, 2.24) is 9.55 Å². The van der Waals surface area contributed by atoms with Crippen LogP contribution in [-0.4, -0.2) is 9.55 Å². The van der Waals surface area contributed by atoms with Gasteiger partial charge in [-0.3, -0.25) is 4.79 Å². The zero-order valence-electron chi connectivity index (χ0n) is 11.6. The van der Waals surface area contributed by atoms with Crippen molar-refractivity contribution >= 4 is 23.1 Å². The van der Waals surface area contributed by atoms with Gasteiger partial charge in [-0.1, -0.05) is 25.1 Å². The van der Waals surface area contributed by atoms with Crippen LogP contribution < -0.4 is 10.9 Å². The van der Waals surface area contributed by atoms with Gasteiger partial charge in [0.15, 0.2) is 5.82 Å².